The Kier molecular flexibility index (Phi) is 5.78. The van der Waals surface area contributed by atoms with Gasteiger partial charge < -0.3 is 9.47 Å². The molecule has 1 aromatic carbocycles. The van der Waals surface area contributed by atoms with E-state index < -0.39 is 0 Å². The van der Waals surface area contributed by atoms with Gasteiger partial charge in [0.2, 0.25) is 0 Å². The highest BCUT2D eigenvalue weighted by Gasteiger charge is 2.05. The Balaban J connectivity index is 2.98. The third kappa shape index (κ3) is 4.50. The first-order valence-corrected chi connectivity index (χ1v) is 5.93. The number of benzene rings is 1. The van der Waals surface area contributed by atoms with Crippen molar-refractivity contribution in [3.63, 3.8) is 0 Å². The lowest BCUT2D eigenvalue weighted by atomic mass is 10.1. The summed E-state index contributed by atoms with van der Waals surface area (Å²) in [6.45, 7) is 12.3. The first-order chi connectivity index (χ1) is 8.67. The molecule has 0 aliphatic carbocycles. The molecule has 0 aromatic heterocycles. The Hall–Kier alpha value is -1.96. The number of hydrogen-bond donors (Lipinski definition) is 0. The van der Waals surface area contributed by atoms with Gasteiger partial charge in [0.25, 0.3) is 0 Å². The van der Waals surface area contributed by atoms with E-state index in [-0.39, 0.29) is 0 Å². The topological polar surface area (TPSA) is 18.5 Å². The Labute approximate surface area is 109 Å². The van der Waals surface area contributed by atoms with Gasteiger partial charge in [-0.25, -0.2) is 0 Å². The molecule has 0 unspecified atom stereocenters. The van der Waals surface area contributed by atoms with Crippen LogP contribution in [-0.2, 0) is 0 Å². The summed E-state index contributed by atoms with van der Waals surface area (Å²) >= 11 is 0. The molecule has 0 saturated heterocycles. The van der Waals surface area contributed by atoms with Crippen molar-refractivity contribution in [2.45, 2.75) is 13.8 Å². The summed E-state index contributed by atoms with van der Waals surface area (Å²) in [6.07, 6.45) is 5.52. The summed E-state index contributed by atoms with van der Waals surface area (Å²) in [5, 5.41) is 0. The van der Waals surface area contributed by atoms with Crippen LogP contribution < -0.4 is 9.47 Å². The minimum atomic E-state index is 0.461. The van der Waals surface area contributed by atoms with E-state index in [4.69, 9.17) is 9.47 Å². The number of hydrogen-bond acceptors (Lipinski definition) is 2. The van der Waals surface area contributed by atoms with Crippen LogP contribution in [0.25, 0.3) is 6.08 Å². The largest absolute Gasteiger partial charge is 0.486 e. The maximum atomic E-state index is 5.60. The van der Waals surface area contributed by atoms with E-state index in [0.29, 0.717) is 13.2 Å². The monoisotopic (exact) mass is 244 g/mol. The van der Waals surface area contributed by atoms with E-state index >= 15 is 0 Å². The van der Waals surface area contributed by atoms with E-state index in [1.54, 1.807) is 12.2 Å². The molecular weight excluding hydrogens is 224 g/mol. The molecule has 1 rings (SSSR count). The summed E-state index contributed by atoms with van der Waals surface area (Å²) in [5.41, 5.74) is 2.34. The van der Waals surface area contributed by atoms with E-state index in [0.717, 1.165) is 17.1 Å². The molecule has 0 atom stereocenters. The standard InChI is InChI=1S/C16H20O2/c1-5-9-17-15-8-7-14(11-13(3)4)12-16(15)18-10-6-2/h5-8,11-12H,1-2,9-10H2,3-4H3. The van der Waals surface area contributed by atoms with Crippen molar-refractivity contribution in [1.29, 1.82) is 0 Å². The normalized spacial score (nSPS) is 9.44. The average Bonchev–Trinajstić information content (AvgIpc) is 2.34. The van der Waals surface area contributed by atoms with Crippen molar-refractivity contribution in [2.75, 3.05) is 13.2 Å². The molecule has 0 heterocycles. The van der Waals surface area contributed by atoms with Gasteiger partial charge in [-0.15, -0.1) is 0 Å². The molecule has 0 spiro atoms. The quantitative estimate of drug-likeness (QED) is 0.668. The molecule has 96 valence electrons. The van der Waals surface area contributed by atoms with Crippen LogP contribution in [-0.4, -0.2) is 13.2 Å². The maximum absolute atomic E-state index is 5.60. The Morgan fingerprint density at radius 1 is 1.06 bits per heavy atom. The zero-order valence-electron chi connectivity index (χ0n) is 11.1. The number of rotatable bonds is 7. The Bertz CT molecular complexity index is 440. The molecule has 0 bridgehead atoms. The van der Waals surface area contributed by atoms with Crippen LogP contribution in [0.5, 0.6) is 11.5 Å². The molecule has 2 nitrogen and oxygen atoms in total. The fourth-order valence-electron chi connectivity index (χ4n) is 1.48. The van der Waals surface area contributed by atoms with Crippen LogP contribution in [0.2, 0.25) is 0 Å². The summed E-state index contributed by atoms with van der Waals surface area (Å²) in [5.74, 6) is 1.45. The van der Waals surface area contributed by atoms with E-state index in [1.807, 2.05) is 18.2 Å². The first-order valence-electron chi connectivity index (χ1n) is 5.93. The molecule has 0 saturated carbocycles. The van der Waals surface area contributed by atoms with Gasteiger partial charge in [-0.05, 0) is 31.5 Å². The van der Waals surface area contributed by atoms with Crippen molar-refractivity contribution in [3.8, 4) is 11.5 Å². The van der Waals surface area contributed by atoms with Gasteiger partial charge in [0.15, 0.2) is 11.5 Å². The second kappa shape index (κ2) is 7.38. The van der Waals surface area contributed by atoms with E-state index in [9.17, 15) is 0 Å². The zero-order chi connectivity index (χ0) is 13.4. The fourth-order valence-corrected chi connectivity index (χ4v) is 1.48. The lowest BCUT2D eigenvalue weighted by molar-refractivity contribution is 0.308. The lowest BCUT2D eigenvalue weighted by Gasteiger charge is -2.11. The molecule has 18 heavy (non-hydrogen) atoms. The predicted molar refractivity (Wildman–Crippen MR) is 77.2 cm³/mol. The summed E-state index contributed by atoms with van der Waals surface area (Å²) in [7, 11) is 0. The minimum absolute atomic E-state index is 0.461. The zero-order valence-corrected chi connectivity index (χ0v) is 11.1. The van der Waals surface area contributed by atoms with Crippen molar-refractivity contribution in [1.82, 2.24) is 0 Å². The molecule has 0 aliphatic heterocycles. The van der Waals surface area contributed by atoms with E-state index in [2.05, 4.69) is 33.1 Å². The molecule has 0 N–H and O–H groups in total. The molecule has 0 fully saturated rings. The lowest BCUT2D eigenvalue weighted by Crippen LogP contribution is -1.99. The minimum Gasteiger partial charge on any atom is -0.486 e. The van der Waals surface area contributed by atoms with Crippen LogP contribution in [0.4, 0.5) is 0 Å². The van der Waals surface area contributed by atoms with Crippen molar-refractivity contribution < 1.29 is 9.47 Å². The Morgan fingerprint density at radius 3 is 2.22 bits per heavy atom. The second-order valence-corrected chi connectivity index (χ2v) is 4.13. The van der Waals surface area contributed by atoms with Crippen molar-refractivity contribution in [2.24, 2.45) is 0 Å². The van der Waals surface area contributed by atoms with Crippen LogP contribution >= 0.6 is 0 Å². The average molecular weight is 244 g/mol. The van der Waals surface area contributed by atoms with Gasteiger partial charge in [0.05, 0.1) is 0 Å². The highest BCUT2D eigenvalue weighted by atomic mass is 16.5. The Morgan fingerprint density at radius 2 is 1.67 bits per heavy atom. The summed E-state index contributed by atoms with van der Waals surface area (Å²) < 4.78 is 11.1. The number of allylic oxidation sites excluding steroid dienone is 1. The molecule has 0 radical (unpaired) electrons. The van der Waals surface area contributed by atoms with Crippen LogP contribution in [0.15, 0.2) is 49.1 Å². The van der Waals surface area contributed by atoms with Gasteiger partial charge in [-0.3, -0.25) is 0 Å². The van der Waals surface area contributed by atoms with Gasteiger partial charge in [0, 0.05) is 0 Å². The van der Waals surface area contributed by atoms with Gasteiger partial charge in [0.1, 0.15) is 13.2 Å². The molecule has 0 aliphatic rings. The van der Waals surface area contributed by atoms with Gasteiger partial charge >= 0.3 is 0 Å². The van der Waals surface area contributed by atoms with Crippen molar-refractivity contribution >= 4 is 6.08 Å². The third-order valence-electron chi connectivity index (χ3n) is 2.14. The van der Waals surface area contributed by atoms with Crippen LogP contribution in [0.3, 0.4) is 0 Å². The summed E-state index contributed by atoms with van der Waals surface area (Å²) in [6, 6.07) is 5.89. The van der Waals surface area contributed by atoms with Crippen molar-refractivity contribution in [3.05, 3.63) is 54.6 Å². The fraction of sp³-hybridized carbons (Fsp3) is 0.250. The van der Waals surface area contributed by atoms with Crippen LogP contribution in [0, 0.1) is 0 Å². The molecule has 2 heteroatoms. The van der Waals surface area contributed by atoms with Gasteiger partial charge in [-0.1, -0.05) is 43.0 Å². The third-order valence-corrected chi connectivity index (χ3v) is 2.14. The summed E-state index contributed by atoms with van der Waals surface area (Å²) in [4.78, 5) is 0. The molecule has 0 amide bonds. The smallest absolute Gasteiger partial charge is 0.162 e. The van der Waals surface area contributed by atoms with E-state index in [1.165, 1.54) is 5.57 Å². The predicted octanol–water partition coefficient (Wildman–Crippen LogP) is 4.24. The molecule has 1 aromatic rings. The maximum Gasteiger partial charge on any atom is 0.162 e. The highest BCUT2D eigenvalue weighted by molar-refractivity contribution is 5.57. The van der Waals surface area contributed by atoms with Crippen LogP contribution in [0.1, 0.15) is 19.4 Å². The second-order valence-electron chi connectivity index (χ2n) is 4.13. The molecular formula is C16H20O2. The highest BCUT2D eigenvalue weighted by Crippen LogP contribution is 2.29. The first kappa shape index (κ1) is 14.1. The van der Waals surface area contributed by atoms with Gasteiger partial charge in [-0.2, -0.15) is 0 Å². The SMILES string of the molecule is C=CCOc1ccc(C=C(C)C)cc1OCC=C. The number of ether oxygens (including phenoxy) is 2.